The predicted octanol–water partition coefficient (Wildman–Crippen LogP) is 6.30. The molecule has 0 fully saturated rings. The molecule has 0 saturated heterocycles. The van der Waals surface area contributed by atoms with Crippen LogP contribution in [0.1, 0.15) is 42.2 Å². The Bertz CT molecular complexity index is 1620. The molecular weight excluding hydrogens is 520 g/mol. The molecule has 200 valence electrons. The molecule has 5 rings (SSSR count). The number of carbonyl (C=O) groups is 3. The van der Waals surface area contributed by atoms with Gasteiger partial charge in [0.15, 0.2) is 0 Å². The molecule has 5 aromatic rings. The van der Waals surface area contributed by atoms with Gasteiger partial charge in [0.05, 0.1) is 16.7 Å². The maximum atomic E-state index is 12.7. The topological polar surface area (TPSA) is 105 Å². The van der Waals surface area contributed by atoms with E-state index in [2.05, 4.69) is 9.97 Å². The minimum absolute atomic E-state index is 0.189. The van der Waals surface area contributed by atoms with Crippen LogP contribution in [0.4, 0.5) is 0 Å². The molecule has 0 radical (unpaired) electrons. The van der Waals surface area contributed by atoms with E-state index >= 15 is 0 Å². The minimum atomic E-state index is -0.601. The normalized spacial score (nSPS) is 10.6. The van der Waals surface area contributed by atoms with Crippen molar-refractivity contribution in [1.29, 1.82) is 0 Å². The summed E-state index contributed by atoms with van der Waals surface area (Å²) in [4.78, 5) is 45.4. The maximum Gasteiger partial charge on any atom is 0.345 e. The quantitative estimate of drug-likeness (QED) is 0.128. The van der Waals surface area contributed by atoms with Gasteiger partial charge in [-0.2, -0.15) is 0 Å². The highest BCUT2D eigenvalue weighted by Gasteiger charge is 2.13. The number of esters is 3. The van der Waals surface area contributed by atoms with Crippen LogP contribution < -0.4 is 14.2 Å². The Hall–Kier alpha value is -5.89. The number of carbonyl (C=O) groups excluding carboxylic acids is 3. The van der Waals surface area contributed by atoms with Crippen LogP contribution in [0.15, 0.2) is 122 Å². The molecule has 8 heteroatoms. The summed E-state index contributed by atoms with van der Waals surface area (Å²) in [6.45, 7) is 0. The lowest BCUT2D eigenvalue weighted by atomic mass is 10.1. The summed E-state index contributed by atoms with van der Waals surface area (Å²) < 4.78 is 16.5. The van der Waals surface area contributed by atoms with Gasteiger partial charge in [0.2, 0.25) is 0 Å². The molecule has 0 spiro atoms. The largest absolute Gasteiger partial charge is 0.423 e. The minimum Gasteiger partial charge on any atom is -0.423 e. The molecule has 0 bridgehead atoms. The van der Waals surface area contributed by atoms with Crippen LogP contribution in [0.3, 0.4) is 0 Å². The van der Waals surface area contributed by atoms with Gasteiger partial charge in [0, 0.05) is 30.9 Å². The fourth-order valence-corrected chi connectivity index (χ4v) is 3.69. The standard InChI is InChI=1S/C33H22N2O6/c36-31(25-6-2-1-3-7-25)40-29-18-24(19-30(20-29)41-33(38)27-9-5-17-35-22-27)11-10-23-12-14-28(15-13-23)39-32(37)26-8-4-16-34-21-26/h1-22H/b11-10+. The number of aromatic nitrogens is 2. The van der Waals surface area contributed by atoms with E-state index < -0.39 is 17.9 Å². The highest BCUT2D eigenvalue weighted by atomic mass is 16.5. The van der Waals surface area contributed by atoms with E-state index in [9.17, 15) is 14.4 Å². The van der Waals surface area contributed by atoms with E-state index in [0.717, 1.165) is 5.56 Å². The third kappa shape index (κ3) is 7.36. The first-order valence-corrected chi connectivity index (χ1v) is 12.5. The predicted molar refractivity (Wildman–Crippen MR) is 152 cm³/mol. The number of hydrogen-bond donors (Lipinski definition) is 0. The second-order valence-corrected chi connectivity index (χ2v) is 8.66. The van der Waals surface area contributed by atoms with Crippen molar-refractivity contribution < 1.29 is 28.6 Å². The summed E-state index contributed by atoms with van der Waals surface area (Å²) in [5.74, 6) is -0.877. The Morgan fingerprint density at radius 2 is 0.976 bits per heavy atom. The zero-order valence-corrected chi connectivity index (χ0v) is 21.5. The van der Waals surface area contributed by atoms with Gasteiger partial charge < -0.3 is 14.2 Å². The SMILES string of the molecule is O=C(Oc1cc(/C=C/c2ccc(OC(=O)c3cccnc3)cc2)cc(OC(=O)c2cccnc2)c1)c1ccccc1. The van der Waals surface area contributed by atoms with Crippen LogP contribution in [-0.4, -0.2) is 27.9 Å². The Morgan fingerprint density at radius 3 is 1.51 bits per heavy atom. The third-order valence-electron chi connectivity index (χ3n) is 5.69. The molecule has 0 aliphatic carbocycles. The number of ether oxygens (including phenoxy) is 3. The van der Waals surface area contributed by atoms with Gasteiger partial charge in [-0.25, -0.2) is 14.4 Å². The first-order valence-electron chi connectivity index (χ1n) is 12.5. The number of nitrogens with zero attached hydrogens (tertiary/aromatic N) is 2. The molecule has 2 heterocycles. The highest BCUT2D eigenvalue weighted by molar-refractivity contribution is 5.92. The van der Waals surface area contributed by atoms with Crippen LogP contribution in [-0.2, 0) is 0 Å². The summed E-state index contributed by atoms with van der Waals surface area (Å²) in [5, 5.41) is 0. The molecular formula is C33H22N2O6. The average molecular weight is 543 g/mol. The van der Waals surface area contributed by atoms with Crippen molar-refractivity contribution in [2.24, 2.45) is 0 Å². The number of benzene rings is 3. The summed E-state index contributed by atoms with van der Waals surface area (Å²) in [6, 6.07) is 26.8. The van der Waals surface area contributed by atoms with Crippen LogP contribution in [0.5, 0.6) is 17.2 Å². The van der Waals surface area contributed by atoms with Crippen LogP contribution >= 0.6 is 0 Å². The van der Waals surface area contributed by atoms with E-state index in [4.69, 9.17) is 14.2 Å². The summed E-state index contributed by atoms with van der Waals surface area (Å²) in [5.41, 5.74) is 2.44. The molecule has 8 nitrogen and oxygen atoms in total. The van der Waals surface area contributed by atoms with Gasteiger partial charge in [-0.05, 0) is 71.8 Å². The monoisotopic (exact) mass is 542 g/mol. The van der Waals surface area contributed by atoms with Gasteiger partial charge in [-0.3, -0.25) is 9.97 Å². The maximum absolute atomic E-state index is 12.7. The van der Waals surface area contributed by atoms with E-state index in [0.29, 0.717) is 22.4 Å². The molecule has 0 unspecified atom stereocenters. The second-order valence-electron chi connectivity index (χ2n) is 8.66. The fraction of sp³-hybridized carbons (Fsp3) is 0. The van der Waals surface area contributed by atoms with Crippen molar-refractivity contribution in [3.63, 3.8) is 0 Å². The lowest BCUT2D eigenvalue weighted by Crippen LogP contribution is -2.10. The average Bonchev–Trinajstić information content (AvgIpc) is 3.02. The third-order valence-corrected chi connectivity index (χ3v) is 5.69. The highest BCUT2D eigenvalue weighted by Crippen LogP contribution is 2.26. The Morgan fingerprint density at radius 1 is 0.488 bits per heavy atom. The van der Waals surface area contributed by atoms with Crippen molar-refractivity contribution in [3.8, 4) is 17.2 Å². The molecule has 3 aromatic carbocycles. The van der Waals surface area contributed by atoms with Crippen molar-refractivity contribution in [2.45, 2.75) is 0 Å². The molecule has 0 aliphatic heterocycles. The van der Waals surface area contributed by atoms with Gasteiger partial charge in [0.1, 0.15) is 17.2 Å². The van der Waals surface area contributed by atoms with Crippen molar-refractivity contribution in [2.75, 3.05) is 0 Å². The Balaban J connectivity index is 1.34. The number of rotatable bonds is 8. The van der Waals surface area contributed by atoms with E-state index in [1.54, 1.807) is 109 Å². The Labute approximate surface area is 235 Å². The molecule has 2 aromatic heterocycles. The molecule has 0 saturated carbocycles. The van der Waals surface area contributed by atoms with Gasteiger partial charge in [-0.15, -0.1) is 0 Å². The summed E-state index contributed by atoms with van der Waals surface area (Å²) in [6.07, 6.45) is 9.57. The molecule has 0 amide bonds. The fourth-order valence-electron chi connectivity index (χ4n) is 3.69. The smallest absolute Gasteiger partial charge is 0.345 e. The van der Waals surface area contributed by atoms with Gasteiger partial charge in [-0.1, -0.05) is 42.5 Å². The molecule has 0 N–H and O–H groups in total. The number of pyridine rings is 2. The van der Waals surface area contributed by atoms with Crippen LogP contribution in [0.25, 0.3) is 12.2 Å². The first-order chi connectivity index (χ1) is 20.0. The summed E-state index contributed by atoms with van der Waals surface area (Å²) >= 11 is 0. The number of hydrogen-bond acceptors (Lipinski definition) is 8. The molecule has 0 aliphatic rings. The zero-order valence-electron chi connectivity index (χ0n) is 21.5. The first kappa shape index (κ1) is 26.7. The lowest BCUT2D eigenvalue weighted by Gasteiger charge is -2.10. The lowest BCUT2D eigenvalue weighted by molar-refractivity contribution is 0.0719. The van der Waals surface area contributed by atoms with Crippen LogP contribution in [0.2, 0.25) is 0 Å². The molecule has 0 atom stereocenters. The van der Waals surface area contributed by atoms with Crippen molar-refractivity contribution >= 4 is 30.1 Å². The zero-order chi connectivity index (χ0) is 28.4. The Kier molecular flexibility index (Phi) is 8.32. The molecule has 41 heavy (non-hydrogen) atoms. The van der Waals surface area contributed by atoms with E-state index in [1.165, 1.54) is 18.5 Å². The van der Waals surface area contributed by atoms with Crippen molar-refractivity contribution in [3.05, 3.63) is 150 Å². The van der Waals surface area contributed by atoms with Gasteiger partial charge in [0.25, 0.3) is 0 Å². The van der Waals surface area contributed by atoms with Crippen molar-refractivity contribution in [1.82, 2.24) is 9.97 Å². The summed E-state index contributed by atoms with van der Waals surface area (Å²) in [7, 11) is 0. The van der Waals surface area contributed by atoms with E-state index in [1.807, 2.05) is 6.08 Å². The van der Waals surface area contributed by atoms with E-state index in [-0.39, 0.29) is 17.1 Å². The van der Waals surface area contributed by atoms with Gasteiger partial charge >= 0.3 is 17.9 Å². The van der Waals surface area contributed by atoms with Crippen LogP contribution in [0, 0.1) is 0 Å². The second kappa shape index (κ2) is 12.8.